The molecule has 0 bridgehead atoms. The van der Waals surface area contributed by atoms with Gasteiger partial charge in [-0.3, -0.25) is 9.69 Å². The number of carbonyl (C=O) groups excluding carboxylic acids is 1. The molecule has 0 unspecified atom stereocenters. The van der Waals surface area contributed by atoms with Gasteiger partial charge in [0.2, 0.25) is 15.9 Å². The maximum atomic E-state index is 13.0. The van der Waals surface area contributed by atoms with E-state index in [2.05, 4.69) is 10.2 Å². The highest BCUT2D eigenvalue weighted by molar-refractivity contribution is 7.89. The largest absolute Gasteiger partial charge is 0.379 e. The predicted molar refractivity (Wildman–Crippen MR) is 113 cm³/mol. The Balaban J connectivity index is 1.55. The molecule has 0 aromatic heterocycles. The van der Waals surface area contributed by atoms with E-state index < -0.39 is 10.0 Å². The van der Waals surface area contributed by atoms with Gasteiger partial charge in [-0.15, -0.1) is 0 Å². The third-order valence-electron chi connectivity index (χ3n) is 5.11. The molecule has 1 fully saturated rings. The number of nitrogens with one attached hydrogen (secondary N) is 1. The Morgan fingerprint density at radius 1 is 1.14 bits per heavy atom. The van der Waals surface area contributed by atoms with Gasteiger partial charge in [-0.05, 0) is 35.9 Å². The Morgan fingerprint density at radius 2 is 1.86 bits per heavy atom. The molecular weight excluding hydrogens is 390 g/mol. The van der Waals surface area contributed by atoms with E-state index in [9.17, 15) is 13.2 Å². The second-order valence-electron chi connectivity index (χ2n) is 7.10. The van der Waals surface area contributed by atoms with Crippen LogP contribution in [0.25, 0.3) is 10.8 Å². The van der Waals surface area contributed by atoms with E-state index in [-0.39, 0.29) is 23.9 Å². The number of carbonyl (C=O) groups is 1. The van der Waals surface area contributed by atoms with Gasteiger partial charge in [-0.2, -0.15) is 4.31 Å². The van der Waals surface area contributed by atoms with Crippen molar-refractivity contribution in [2.24, 2.45) is 0 Å². The van der Waals surface area contributed by atoms with Crippen molar-refractivity contribution in [1.29, 1.82) is 0 Å². The summed E-state index contributed by atoms with van der Waals surface area (Å²) in [6, 6.07) is 12.7. The van der Waals surface area contributed by atoms with E-state index in [4.69, 9.17) is 4.74 Å². The van der Waals surface area contributed by atoms with Gasteiger partial charge in [0, 0.05) is 26.2 Å². The third kappa shape index (κ3) is 5.76. The number of rotatable bonds is 9. The van der Waals surface area contributed by atoms with Gasteiger partial charge in [0.25, 0.3) is 0 Å². The molecule has 8 heteroatoms. The van der Waals surface area contributed by atoms with Crippen LogP contribution < -0.4 is 5.32 Å². The number of benzene rings is 2. The first-order chi connectivity index (χ1) is 14.0. The van der Waals surface area contributed by atoms with Gasteiger partial charge >= 0.3 is 0 Å². The molecule has 1 aliphatic heterocycles. The van der Waals surface area contributed by atoms with Crippen LogP contribution in [0.5, 0.6) is 0 Å². The third-order valence-corrected chi connectivity index (χ3v) is 7.03. The predicted octanol–water partition coefficient (Wildman–Crippen LogP) is 1.69. The van der Waals surface area contributed by atoms with Crippen LogP contribution in [0.15, 0.2) is 47.4 Å². The maximum absolute atomic E-state index is 13.0. The van der Waals surface area contributed by atoms with E-state index >= 15 is 0 Å². The molecular formula is C21H29N3O4S. The van der Waals surface area contributed by atoms with Crippen molar-refractivity contribution in [1.82, 2.24) is 14.5 Å². The van der Waals surface area contributed by atoms with E-state index in [0.29, 0.717) is 6.54 Å². The number of likely N-dealkylation sites (N-methyl/N-ethyl adjacent to an activating group) is 1. The quantitative estimate of drug-likeness (QED) is 0.626. The highest BCUT2D eigenvalue weighted by atomic mass is 32.2. The Kier molecular flexibility index (Phi) is 7.60. The zero-order chi connectivity index (χ0) is 20.7. The number of ether oxygens (including phenoxy) is 1. The summed E-state index contributed by atoms with van der Waals surface area (Å²) in [5, 5.41) is 4.67. The lowest BCUT2D eigenvalue weighted by Crippen LogP contribution is -2.42. The van der Waals surface area contributed by atoms with Crippen LogP contribution in [0.4, 0.5) is 0 Å². The van der Waals surface area contributed by atoms with Gasteiger partial charge in [0.15, 0.2) is 0 Å². The highest BCUT2D eigenvalue weighted by Crippen LogP contribution is 2.21. The van der Waals surface area contributed by atoms with E-state index in [0.717, 1.165) is 50.0 Å². The molecule has 1 aliphatic rings. The number of hydrogen-bond acceptors (Lipinski definition) is 5. The maximum Gasteiger partial charge on any atom is 0.243 e. The number of morpholine rings is 1. The smallest absolute Gasteiger partial charge is 0.243 e. The number of sulfonamides is 1. The second-order valence-corrected chi connectivity index (χ2v) is 9.04. The Labute approximate surface area is 172 Å². The van der Waals surface area contributed by atoms with Gasteiger partial charge < -0.3 is 10.1 Å². The summed E-state index contributed by atoms with van der Waals surface area (Å²) < 4.78 is 32.5. The summed E-state index contributed by atoms with van der Waals surface area (Å²) in [6.45, 7) is 6.57. The fourth-order valence-corrected chi connectivity index (χ4v) is 4.86. The second kappa shape index (κ2) is 10.2. The van der Waals surface area contributed by atoms with Crippen molar-refractivity contribution in [3.8, 4) is 0 Å². The molecule has 0 spiro atoms. The van der Waals surface area contributed by atoms with Gasteiger partial charge in [-0.25, -0.2) is 8.42 Å². The highest BCUT2D eigenvalue weighted by Gasteiger charge is 2.25. The Bertz CT molecular complexity index is 926. The first-order valence-electron chi connectivity index (χ1n) is 10.1. The van der Waals surface area contributed by atoms with Gasteiger partial charge in [0.1, 0.15) is 0 Å². The number of hydrogen-bond donors (Lipinski definition) is 1. The van der Waals surface area contributed by atoms with Crippen LogP contribution in [-0.4, -0.2) is 76.0 Å². The van der Waals surface area contributed by atoms with Crippen LogP contribution in [0, 0.1) is 0 Å². The topological polar surface area (TPSA) is 79.0 Å². The van der Waals surface area contributed by atoms with Crippen molar-refractivity contribution in [3.05, 3.63) is 42.5 Å². The van der Waals surface area contributed by atoms with Crippen molar-refractivity contribution < 1.29 is 17.9 Å². The van der Waals surface area contributed by atoms with Gasteiger partial charge in [0.05, 0.1) is 24.7 Å². The van der Waals surface area contributed by atoms with Crippen LogP contribution in [-0.2, 0) is 19.6 Å². The SMILES string of the molecule is CCN(CC(=O)NCCCN1CCOCC1)S(=O)(=O)c1ccc2ccccc2c1. The summed E-state index contributed by atoms with van der Waals surface area (Å²) in [4.78, 5) is 14.8. The average molecular weight is 420 g/mol. The summed E-state index contributed by atoms with van der Waals surface area (Å²) in [6.07, 6.45) is 0.829. The van der Waals surface area contributed by atoms with E-state index in [1.54, 1.807) is 25.1 Å². The fourth-order valence-electron chi connectivity index (χ4n) is 3.41. The lowest BCUT2D eigenvalue weighted by atomic mass is 10.1. The fraction of sp³-hybridized carbons (Fsp3) is 0.476. The molecule has 2 aromatic carbocycles. The molecule has 3 rings (SSSR count). The number of nitrogens with zero attached hydrogens (tertiary/aromatic N) is 2. The molecule has 7 nitrogen and oxygen atoms in total. The molecule has 29 heavy (non-hydrogen) atoms. The summed E-state index contributed by atoms with van der Waals surface area (Å²) in [7, 11) is -3.74. The van der Waals surface area contributed by atoms with E-state index in [1.165, 1.54) is 4.31 Å². The molecule has 1 saturated heterocycles. The lowest BCUT2D eigenvalue weighted by molar-refractivity contribution is -0.121. The van der Waals surface area contributed by atoms with Crippen molar-refractivity contribution in [3.63, 3.8) is 0 Å². The summed E-state index contributed by atoms with van der Waals surface area (Å²) in [5.41, 5.74) is 0. The molecule has 0 saturated carbocycles. The Morgan fingerprint density at radius 3 is 2.59 bits per heavy atom. The van der Waals surface area contributed by atoms with Crippen LogP contribution in [0.3, 0.4) is 0 Å². The minimum atomic E-state index is -3.74. The zero-order valence-corrected chi connectivity index (χ0v) is 17.7. The number of amides is 1. The number of fused-ring (bicyclic) bond motifs is 1. The molecule has 0 aliphatic carbocycles. The molecule has 1 heterocycles. The molecule has 0 radical (unpaired) electrons. The normalized spacial score (nSPS) is 15.7. The first-order valence-corrected chi connectivity index (χ1v) is 11.5. The standard InChI is InChI=1S/C21H29N3O4S/c1-2-24(17-21(25)22-10-5-11-23-12-14-28-15-13-23)29(26,27)20-9-8-18-6-3-4-7-19(18)16-20/h3-4,6-9,16H,2,5,10-15,17H2,1H3,(H,22,25). The van der Waals surface area contributed by atoms with Crippen LogP contribution in [0.1, 0.15) is 13.3 Å². The monoisotopic (exact) mass is 419 g/mol. The molecule has 158 valence electrons. The molecule has 2 aromatic rings. The molecule has 0 atom stereocenters. The van der Waals surface area contributed by atoms with Gasteiger partial charge in [-0.1, -0.05) is 37.3 Å². The average Bonchev–Trinajstić information content (AvgIpc) is 2.75. The first kappa shape index (κ1) is 21.7. The van der Waals surface area contributed by atoms with Crippen molar-refractivity contribution in [2.75, 3.05) is 52.5 Å². The van der Waals surface area contributed by atoms with E-state index in [1.807, 2.05) is 24.3 Å². The lowest BCUT2D eigenvalue weighted by Gasteiger charge is -2.26. The summed E-state index contributed by atoms with van der Waals surface area (Å²) >= 11 is 0. The van der Waals surface area contributed by atoms with Crippen LogP contribution >= 0.6 is 0 Å². The zero-order valence-electron chi connectivity index (χ0n) is 16.8. The minimum absolute atomic E-state index is 0.177. The van der Waals surface area contributed by atoms with Crippen molar-refractivity contribution >= 4 is 26.7 Å². The molecule has 1 amide bonds. The van der Waals surface area contributed by atoms with Crippen molar-refractivity contribution in [2.45, 2.75) is 18.2 Å². The minimum Gasteiger partial charge on any atom is -0.379 e. The summed E-state index contributed by atoms with van der Waals surface area (Å²) in [5.74, 6) is -0.279. The molecule has 1 N–H and O–H groups in total. The van der Waals surface area contributed by atoms with Crippen LogP contribution in [0.2, 0.25) is 0 Å². The Hall–Kier alpha value is -2.00.